The van der Waals surface area contributed by atoms with E-state index in [9.17, 15) is 8.42 Å². The molecule has 19 heavy (non-hydrogen) atoms. The first-order valence-electron chi connectivity index (χ1n) is 6.22. The standard InChI is InChI=1S/C14H16N2O2S/c1-10-7-8-11(2)16(10)15-13-9-19(17,18)14-6-4-3-5-12(13)14/h3-8,13,15H,9H2,1-2H3. The number of nitrogens with one attached hydrogen (secondary N) is 1. The lowest BCUT2D eigenvalue weighted by atomic mass is 10.1. The smallest absolute Gasteiger partial charge is 0.181 e. The van der Waals surface area contributed by atoms with Gasteiger partial charge >= 0.3 is 0 Å². The third-order valence-corrected chi connectivity index (χ3v) is 5.39. The second-order valence-electron chi connectivity index (χ2n) is 4.95. The van der Waals surface area contributed by atoms with Gasteiger partial charge in [0, 0.05) is 11.4 Å². The predicted molar refractivity (Wildman–Crippen MR) is 74.5 cm³/mol. The largest absolute Gasteiger partial charge is 0.317 e. The van der Waals surface area contributed by atoms with E-state index >= 15 is 0 Å². The van der Waals surface area contributed by atoms with Crippen molar-refractivity contribution in [2.45, 2.75) is 24.8 Å². The summed E-state index contributed by atoms with van der Waals surface area (Å²) in [6.07, 6.45) is 0. The molecule has 0 aliphatic carbocycles. The molecular weight excluding hydrogens is 260 g/mol. The summed E-state index contributed by atoms with van der Waals surface area (Å²) in [7, 11) is -3.16. The van der Waals surface area contributed by atoms with Crippen LogP contribution in [0.3, 0.4) is 0 Å². The van der Waals surface area contributed by atoms with Crippen molar-refractivity contribution in [3.8, 4) is 0 Å². The van der Waals surface area contributed by atoms with Gasteiger partial charge in [0.25, 0.3) is 0 Å². The molecule has 1 aromatic carbocycles. The van der Waals surface area contributed by atoms with Gasteiger partial charge in [-0.05, 0) is 37.6 Å². The fraction of sp³-hybridized carbons (Fsp3) is 0.286. The molecule has 2 heterocycles. The maximum Gasteiger partial charge on any atom is 0.181 e. The molecule has 1 atom stereocenters. The Morgan fingerprint density at radius 2 is 1.74 bits per heavy atom. The molecular formula is C14H16N2O2S. The van der Waals surface area contributed by atoms with Gasteiger partial charge in [0.2, 0.25) is 0 Å². The zero-order chi connectivity index (χ0) is 13.6. The molecule has 1 aromatic heterocycles. The molecule has 100 valence electrons. The molecule has 4 nitrogen and oxygen atoms in total. The number of hydrogen-bond acceptors (Lipinski definition) is 3. The van der Waals surface area contributed by atoms with Crippen molar-refractivity contribution >= 4 is 9.84 Å². The summed E-state index contributed by atoms with van der Waals surface area (Å²) < 4.78 is 26.2. The number of aromatic nitrogens is 1. The summed E-state index contributed by atoms with van der Waals surface area (Å²) in [4.78, 5) is 0.454. The van der Waals surface area contributed by atoms with Crippen molar-refractivity contribution in [2.24, 2.45) is 0 Å². The molecule has 1 aliphatic heterocycles. The third-order valence-electron chi connectivity index (χ3n) is 3.57. The van der Waals surface area contributed by atoms with E-state index in [-0.39, 0.29) is 11.8 Å². The van der Waals surface area contributed by atoms with E-state index in [2.05, 4.69) is 5.43 Å². The van der Waals surface area contributed by atoms with Crippen molar-refractivity contribution in [1.29, 1.82) is 0 Å². The SMILES string of the molecule is Cc1ccc(C)n1NC1CS(=O)(=O)c2ccccc21. The van der Waals surface area contributed by atoms with Gasteiger partial charge in [-0.3, -0.25) is 4.68 Å². The van der Waals surface area contributed by atoms with E-state index < -0.39 is 9.84 Å². The lowest BCUT2D eigenvalue weighted by molar-refractivity contribution is 0.596. The Hall–Kier alpha value is -1.75. The molecule has 0 radical (unpaired) electrons. The minimum Gasteiger partial charge on any atom is -0.317 e. The molecule has 0 fully saturated rings. The van der Waals surface area contributed by atoms with E-state index in [1.165, 1.54) is 0 Å². The van der Waals surface area contributed by atoms with Crippen LogP contribution in [-0.4, -0.2) is 18.8 Å². The molecule has 0 spiro atoms. The lowest BCUT2D eigenvalue weighted by Gasteiger charge is -2.18. The Kier molecular flexibility index (Phi) is 2.67. The quantitative estimate of drug-likeness (QED) is 0.914. The Labute approximate surface area is 113 Å². The van der Waals surface area contributed by atoms with E-state index in [1.54, 1.807) is 12.1 Å². The van der Waals surface area contributed by atoms with Crippen LogP contribution < -0.4 is 5.43 Å². The minimum absolute atomic E-state index is 0.114. The van der Waals surface area contributed by atoms with Crippen LogP contribution in [0.15, 0.2) is 41.3 Å². The molecule has 0 amide bonds. The first kappa shape index (κ1) is 12.3. The molecule has 1 unspecified atom stereocenters. The highest BCUT2D eigenvalue weighted by atomic mass is 32.2. The highest BCUT2D eigenvalue weighted by molar-refractivity contribution is 7.91. The number of hydrogen-bond donors (Lipinski definition) is 1. The van der Waals surface area contributed by atoms with Crippen LogP contribution in [0.1, 0.15) is 23.0 Å². The van der Waals surface area contributed by atoms with Crippen LogP contribution in [0.25, 0.3) is 0 Å². The number of sulfone groups is 1. The first-order valence-corrected chi connectivity index (χ1v) is 7.87. The first-order chi connectivity index (χ1) is 8.99. The van der Waals surface area contributed by atoms with Gasteiger partial charge < -0.3 is 5.43 Å². The highest BCUT2D eigenvalue weighted by Gasteiger charge is 2.34. The Bertz CT molecular complexity index is 712. The average Bonchev–Trinajstić information content (AvgIpc) is 2.82. The summed E-state index contributed by atoms with van der Waals surface area (Å²) >= 11 is 0. The summed E-state index contributed by atoms with van der Waals surface area (Å²) in [6, 6.07) is 11.0. The molecule has 5 heteroatoms. The van der Waals surface area contributed by atoms with Gasteiger partial charge in [-0.25, -0.2) is 8.42 Å². The van der Waals surface area contributed by atoms with Crippen molar-refractivity contribution in [3.05, 3.63) is 53.3 Å². The summed E-state index contributed by atoms with van der Waals surface area (Å²) in [5.74, 6) is 0.114. The summed E-state index contributed by atoms with van der Waals surface area (Å²) in [5.41, 5.74) is 6.30. The maximum absolute atomic E-state index is 12.1. The van der Waals surface area contributed by atoms with E-state index in [0.29, 0.717) is 4.90 Å². The Balaban J connectivity index is 2.01. The average molecular weight is 276 g/mol. The monoisotopic (exact) mass is 276 g/mol. The molecule has 0 saturated heterocycles. The summed E-state index contributed by atoms with van der Waals surface area (Å²) in [5, 5.41) is 0. The molecule has 0 saturated carbocycles. The Morgan fingerprint density at radius 3 is 2.42 bits per heavy atom. The van der Waals surface area contributed by atoms with Gasteiger partial charge in [0.15, 0.2) is 9.84 Å². The van der Waals surface area contributed by atoms with Crippen molar-refractivity contribution in [1.82, 2.24) is 4.68 Å². The van der Waals surface area contributed by atoms with E-state index in [4.69, 9.17) is 0 Å². The normalized spacial score (nSPS) is 20.2. The van der Waals surface area contributed by atoms with Gasteiger partial charge in [-0.1, -0.05) is 18.2 Å². The second-order valence-corrected chi connectivity index (χ2v) is 6.96. The highest BCUT2D eigenvalue weighted by Crippen LogP contribution is 2.33. The second kappa shape index (κ2) is 4.13. The van der Waals surface area contributed by atoms with Crippen molar-refractivity contribution in [2.75, 3.05) is 11.2 Å². The van der Waals surface area contributed by atoms with Crippen LogP contribution in [0, 0.1) is 13.8 Å². The zero-order valence-corrected chi connectivity index (χ0v) is 11.7. The van der Waals surface area contributed by atoms with Gasteiger partial charge in [-0.15, -0.1) is 0 Å². The maximum atomic E-state index is 12.1. The van der Waals surface area contributed by atoms with Crippen LogP contribution in [0.5, 0.6) is 0 Å². The van der Waals surface area contributed by atoms with Crippen molar-refractivity contribution < 1.29 is 8.42 Å². The summed E-state index contributed by atoms with van der Waals surface area (Å²) in [6.45, 7) is 3.99. The van der Waals surface area contributed by atoms with Crippen LogP contribution in [-0.2, 0) is 9.84 Å². The minimum atomic E-state index is -3.16. The van der Waals surface area contributed by atoms with Crippen LogP contribution in [0.4, 0.5) is 0 Å². The third kappa shape index (κ3) is 1.94. The number of benzene rings is 1. The van der Waals surface area contributed by atoms with Crippen molar-refractivity contribution in [3.63, 3.8) is 0 Å². The van der Waals surface area contributed by atoms with Crippen LogP contribution >= 0.6 is 0 Å². The number of aryl methyl sites for hydroxylation is 2. The zero-order valence-electron chi connectivity index (χ0n) is 10.9. The molecule has 0 bridgehead atoms. The van der Waals surface area contributed by atoms with E-state index in [0.717, 1.165) is 17.0 Å². The topological polar surface area (TPSA) is 51.1 Å². The van der Waals surface area contributed by atoms with Gasteiger partial charge in [-0.2, -0.15) is 0 Å². The van der Waals surface area contributed by atoms with E-state index in [1.807, 2.05) is 42.8 Å². The predicted octanol–water partition coefficient (Wildman–Crippen LogP) is 2.18. The molecule has 2 aromatic rings. The lowest BCUT2D eigenvalue weighted by Crippen LogP contribution is -2.24. The Morgan fingerprint density at radius 1 is 1.11 bits per heavy atom. The van der Waals surface area contributed by atoms with Gasteiger partial charge in [0.05, 0.1) is 16.7 Å². The molecule has 1 N–H and O–H groups in total. The van der Waals surface area contributed by atoms with Gasteiger partial charge in [0.1, 0.15) is 0 Å². The number of fused-ring (bicyclic) bond motifs is 1. The number of rotatable bonds is 2. The fourth-order valence-electron chi connectivity index (χ4n) is 2.59. The number of nitrogens with zero attached hydrogens (tertiary/aromatic N) is 1. The fourth-order valence-corrected chi connectivity index (χ4v) is 4.31. The van der Waals surface area contributed by atoms with Crippen LogP contribution in [0.2, 0.25) is 0 Å². The molecule has 1 aliphatic rings. The molecule has 3 rings (SSSR count).